The van der Waals surface area contributed by atoms with Crippen LogP contribution in [0.1, 0.15) is 36.7 Å². The van der Waals surface area contributed by atoms with Crippen molar-refractivity contribution >= 4 is 5.91 Å². The van der Waals surface area contributed by atoms with Crippen molar-refractivity contribution < 1.29 is 9.21 Å². The van der Waals surface area contributed by atoms with E-state index in [0.29, 0.717) is 19.0 Å². The average Bonchev–Trinajstić information content (AvgIpc) is 3.16. The fourth-order valence-corrected chi connectivity index (χ4v) is 3.41. The van der Waals surface area contributed by atoms with Crippen LogP contribution in [0.25, 0.3) is 0 Å². The zero-order chi connectivity index (χ0) is 19.2. The second-order valence-corrected chi connectivity index (χ2v) is 7.78. The molecule has 2 aromatic rings. The lowest BCUT2D eigenvalue weighted by Crippen LogP contribution is -2.49. The first kappa shape index (κ1) is 19.6. The highest BCUT2D eigenvalue weighted by Gasteiger charge is 2.21. The molecule has 0 N–H and O–H groups in total. The van der Waals surface area contributed by atoms with Gasteiger partial charge in [-0.3, -0.25) is 14.6 Å². The van der Waals surface area contributed by atoms with Crippen molar-refractivity contribution in [3.8, 4) is 0 Å². The highest BCUT2D eigenvalue weighted by molar-refractivity contribution is 5.77. The summed E-state index contributed by atoms with van der Waals surface area (Å²) < 4.78 is 5.32. The van der Waals surface area contributed by atoms with Gasteiger partial charge in [-0.1, -0.05) is 38.1 Å². The van der Waals surface area contributed by atoms with Crippen LogP contribution in [0.2, 0.25) is 0 Å². The zero-order valence-electron chi connectivity index (χ0n) is 16.7. The molecule has 0 saturated carbocycles. The van der Waals surface area contributed by atoms with Crippen LogP contribution >= 0.6 is 0 Å². The Balaban J connectivity index is 1.41. The van der Waals surface area contributed by atoms with Crippen LogP contribution < -0.4 is 0 Å². The summed E-state index contributed by atoms with van der Waals surface area (Å²) in [4.78, 5) is 18.9. The zero-order valence-corrected chi connectivity index (χ0v) is 16.7. The van der Waals surface area contributed by atoms with Gasteiger partial charge in [0, 0.05) is 39.8 Å². The van der Waals surface area contributed by atoms with Crippen molar-refractivity contribution in [2.75, 3.05) is 39.8 Å². The van der Waals surface area contributed by atoms with Gasteiger partial charge in [0.25, 0.3) is 0 Å². The molecule has 5 nitrogen and oxygen atoms in total. The number of likely N-dealkylation sites (N-methyl/N-ethyl adjacent to an activating group) is 1. The van der Waals surface area contributed by atoms with Crippen molar-refractivity contribution in [3.63, 3.8) is 0 Å². The molecule has 1 aromatic heterocycles. The van der Waals surface area contributed by atoms with Gasteiger partial charge < -0.3 is 9.32 Å². The molecule has 1 aliphatic heterocycles. The Morgan fingerprint density at radius 3 is 2.33 bits per heavy atom. The molecule has 27 heavy (non-hydrogen) atoms. The van der Waals surface area contributed by atoms with Gasteiger partial charge >= 0.3 is 0 Å². The lowest BCUT2D eigenvalue weighted by molar-refractivity contribution is -0.132. The predicted octanol–water partition coefficient (Wildman–Crippen LogP) is 3.18. The molecule has 1 saturated heterocycles. The number of furan rings is 1. The van der Waals surface area contributed by atoms with E-state index < -0.39 is 0 Å². The maximum atomic E-state index is 12.4. The highest BCUT2D eigenvalue weighted by Crippen LogP contribution is 2.16. The second kappa shape index (κ2) is 9.20. The Bertz CT molecular complexity index is 702. The normalized spacial score (nSPS) is 16.0. The molecule has 0 aliphatic carbocycles. The Labute approximate surface area is 162 Å². The van der Waals surface area contributed by atoms with Crippen molar-refractivity contribution in [1.82, 2.24) is 14.7 Å². The summed E-state index contributed by atoms with van der Waals surface area (Å²) in [6.07, 6.45) is 1.64. The maximum Gasteiger partial charge on any atom is 0.236 e. The van der Waals surface area contributed by atoms with Crippen LogP contribution in [-0.4, -0.2) is 60.4 Å². The molecule has 1 amide bonds. The van der Waals surface area contributed by atoms with E-state index in [0.717, 1.165) is 38.5 Å². The molecule has 1 aliphatic rings. The summed E-state index contributed by atoms with van der Waals surface area (Å²) in [6, 6.07) is 12.7. The fraction of sp³-hybridized carbons (Fsp3) is 0.500. The molecule has 1 aromatic carbocycles. The van der Waals surface area contributed by atoms with E-state index in [9.17, 15) is 4.79 Å². The number of amides is 1. The number of carbonyl (C=O) groups is 1. The molecule has 146 valence electrons. The number of nitrogens with zero attached hydrogens (tertiary/aromatic N) is 3. The Hall–Kier alpha value is -2.11. The summed E-state index contributed by atoms with van der Waals surface area (Å²) in [5.74, 6) is 1.54. The summed E-state index contributed by atoms with van der Waals surface area (Å²) in [5, 5.41) is 0. The van der Waals surface area contributed by atoms with Crippen molar-refractivity contribution in [3.05, 3.63) is 59.5 Å². The van der Waals surface area contributed by atoms with Crippen LogP contribution in [0.15, 0.2) is 47.1 Å². The van der Waals surface area contributed by atoms with E-state index in [4.69, 9.17) is 4.42 Å². The quantitative estimate of drug-likeness (QED) is 0.752. The summed E-state index contributed by atoms with van der Waals surface area (Å²) in [6.45, 7) is 10.3. The van der Waals surface area contributed by atoms with Gasteiger partial charge in [-0.25, -0.2) is 0 Å². The van der Waals surface area contributed by atoms with Crippen LogP contribution in [-0.2, 0) is 17.9 Å². The molecule has 2 heterocycles. The van der Waals surface area contributed by atoms with E-state index in [2.05, 4.69) is 47.9 Å². The van der Waals surface area contributed by atoms with Gasteiger partial charge in [0.1, 0.15) is 5.76 Å². The number of hydrogen-bond donors (Lipinski definition) is 0. The topological polar surface area (TPSA) is 39.9 Å². The molecular weight excluding hydrogens is 338 g/mol. The number of carbonyl (C=O) groups excluding carboxylic acids is 1. The Morgan fingerprint density at radius 1 is 1.07 bits per heavy atom. The first-order valence-electron chi connectivity index (χ1n) is 9.81. The molecule has 0 spiro atoms. The van der Waals surface area contributed by atoms with Crippen molar-refractivity contribution in [2.24, 2.45) is 0 Å². The Kier molecular flexibility index (Phi) is 6.69. The third-order valence-electron chi connectivity index (χ3n) is 5.28. The van der Waals surface area contributed by atoms with E-state index >= 15 is 0 Å². The lowest BCUT2D eigenvalue weighted by atomic mass is 10.0. The maximum absolute atomic E-state index is 12.4. The molecule has 1 fully saturated rings. The number of rotatable bonds is 7. The average molecular weight is 370 g/mol. The molecule has 0 radical (unpaired) electrons. The number of benzene rings is 1. The summed E-state index contributed by atoms with van der Waals surface area (Å²) in [5.41, 5.74) is 2.75. The molecule has 3 rings (SSSR count). The van der Waals surface area contributed by atoms with Crippen LogP contribution in [0.3, 0.4) is 0 Å². The largest absolute Gasteiger partial charge is 0.467 e. The monoisotopic (exact) mass is 369 g/mol. The predicted molar refractivity (Wildman–Crippen MR) is 107 cm³/mol. The third-order valence-corrected chi connectivity index (χ3v) is 5.28. The van der Waals surface area contributed by atoms with Gasteiger partial charge in [-0.15, -0.1) is 0 Å². The fourth-order valence-electron chi connectivity index (χ4n) is 3.41. The first-order valence-corrected chi connectivity index (χ1v) is 9.81. The standard InChI is InChI=1S/C22H31N3O2/c1-18(2)20-8-6-19(7-9-20)15-24-10-12-25(13-11-24)17-22(26)23(3)16-21-5-4-14-27-21/h4-9,14,18H,10-13,15-17H2,1-3H3. The van der Waals surface area contributed by atoms with E-state index in [1.807, 2.05) is 19.2 Å². The molecule has 0 bridgehead atoms. The van der Waals surface area contributed by atoms with Gasteiger partial charge in [0.2, 0.25) is 5.91 Å². The van der Waals surface area contributed by atoms with Gasteiger partial charge in [0.15, 0.2) is 0 Å². The lowest BCUT2D eigenvalue weighted by Gasteiger charge is -2.35. The smallest absolute Gasteiger partial charge is 0.236 e. The van der Waals surface area contributed by atoms with E-state index in [-0.39, 0.29) is 5.91 Å². The number of hydrogen-bond acceptors (Lipinski definition) is 4. The molecule has 0 atom stereocenters. The molecule has 5 heteroatoms. The minimum absolute atomic E-state index is 0.143. The number of piperazine rings is 1. The Morgan fingerprint density at radius 2 is 1.74 bits per heavy atom. The second-order valence-electron chi connectivity index (χ2n) is 7.78. The van der Waals surface area contributed by atoms with E-state index in [1.165, 1.54) is 11.1 Å². The van der Waals surface area contributed by atoms with Crippen LogP contribution in [0.4, 0.5) is 0 Å². The van der Waals surface area contributed by atoms with Gasteiger partial charge in [-0.2, -0.15) is 0 Å². The SMILES string of the molecule is CC(C)c1ccc(CN2CCN(CC(=O)N(C)Cc3ccco3)CC2)cc1. The van der Waals surface area contributed by atoms with Gasteiger partial charge in [0.05, 0.1) is 19.4 Å². The molecule has 0 unspecified atom stereocenters. The first-order chi connectivity index (χ1) is 13.0. The summed E-state index contributed by atoms with van der Waals surface area (Å²) in [7, 11) is 1.84. The van der Waals surface area contributed by atoms with Gasteiger partial charge in [-0.05, 0) is 29.2 Å². The minimum atomic E-state index is 0.143. The minimum Gasteiger partial charge on any atom is -0.467 e. The van der Waals surface area contributed by atoms with Crippen LogP contribution in [0, 0.1) is 0 Å². The van der Waals surface area contributed by atoms with Crippen molar-refractivity contribution in [1.29, 1.82) is 0 Å². The highest BCUT2D eigenvalue weighted by atomic mass is 16.3. The molecular formula is C22H31N3O2. The van der Waals surface area contributed by atoms with E-state index in [1.54, 1.807) is 11.2 Å². The van der Waals surface area contributed by atoms with Crippen molar-refractivity contribution in [2.45, 2.75) is 32.9 Å². The van der Waals surface area contributed by atoms with Crippen LogP contribution in [0.5, 0.6) is 0 Å². The third kappa shape index (κ3) is 5.68. The summed E-state index contributed by atoms with van der Waals surface area (Å²) >= 11 is 0.